The number of piperidine rings is 1. The van der Waals surface area contributed by atoms with Crippen molar-refractivity contribution in [2.24, 2.45) is 5.92 Å². The van der Waals surface area contributed by atoms with E-state index in [-0.39, 0.29) is 29.5 Å². The monoisotopic (exact) mass is 374 g/mol. The van der Waals surface area contributed by atoms with E-state index in [4.69, 9.17) is 0 Å². The molecule has 2 amide bonds. The number of nitro groups is 1. The molecule has 0 aromatic heterocycles. The summed E-state index contributed by atoms with van der Waals surface area (Å²) in [6.07, 6.45) is 3.76. The van der Waals surface area contributed by atoms with E-state index in [9.17, 15) is 19.7 Å². The molecule has 27 heavy (non-hydrogen) atoms. The summed E-state index contributed by atoms with van der Waals surface area (Å²) in [4.78, 5) is 37.2. The van der Waals surface area contributed by atoms with E-state index in [0.29, 0.717) is 30.8 Å². The van der Waals surface area contributed by atoms with Crippen molar-refractivity contribution in [2.45, 2.75) is 38.6 Å². The van der Waals surface area contributed by atoms with Gasteiger partial charge in [0, 0.05) is 37.3 Å². The quantitative estimate of drug-likeness (QED) is 0.602. The predicted molar refractivity (Wildman–Crippen MR) is 100 cm³/mol. The zero-order valence-corrected chi connectivity index (χ0v) is 15.6. The minimum absolute atomic E-state index is 0.0104. The number of carbonyl (C=O) groups is 2. The van der Waals surface area contributed by atoms with Gasteiger partial charge in [-0.15, -0.1) is 0 Å². The van der Waals surface area contributed by atoms with Crippen molar-refractivity contribution < 1.29 is 14.5 Å². The van der Waals surface area contributed by atoms with Crippen molar-refractivity contribution in [3.05, 3.63) is 39.4 Å². The van der Waals surface area contributed by atoms with Crippen molar-refractivity contribution in [3.63, 3.8) is 0 Å². The number of amides is 2. The molecule has 0 radical (unpaired) electrons. The second kappa shape index (κ2) is 8.47. The Balaban J connectivity index is 1.57. The molecule has 2 atom stereocenters. The smallest absolute Gasteiger partial charge is 0.269 e. The van der Waals surface area contributed by atoms with Gasteiger partial charge in [-0.1, -0.05) is 0 Å². The van der Waals surface area contributed by atoms with Gasteiger partial charge in [-0.25, -0.2) is 0 Å². The van der Waals surface area contributed by atoms with Gasteiger partial charge in [-0.3, -0.25) is 19.7 Å². The van der Waals surface area contributed by atoms with Crippen LogP contribution in [0.2, 0.25) is 0 Å². The molecule has 0 bridgehead atoms. The second-order valence-electron chi connectivity index (χ2n) is 7.41. The summed E-state index contributed by atoms with van der Waals surface area (Å²) in [5, 5.41) is 17.1. The fourth-order valence-electron chi connectivity index (χ4n) is 3.86. The van der Waals surface area contributed by atoms with Gasteiger partial charge in [0.2, 0.25) is 5.91 Å². The molecule has 0 saturated carbocycles. The molecule has 0 spiro atoms. The van der Waals surface area contributed by atoms with Crippen LogP contribution >= 0.6 is 0 Å². The minimum Gasteiger partial charge on any atom is -0.354 e. The van der Waals surface area contributed by atoms with Gasteiger partial charge >= 0.3 is 0 Å². The summed E-state index contributed by atoms with van der Waals surface area (Å²) in [7, 11) is 0. The van der Waals surface area contributed by atoms with Crippen molar-refractivity contribution in [1.29, 1.82) is 0 Å². The summed E-state index contributed by atoms with van der Waals surface area (Å²) in [6, 6.07) is 4.25. The van der Waals surface area contributed by atoms with Crippen LogP contribution in [0.3, 0.4) is 0 Å². The van der Waals surface area contributed by atoms with Gasteiger partial charge in [0.15, 0.2) is 0 Å². The van der Waals surface area contributed by atoms with E-state index in [0.717, 1.165) is 32.2 Å². The third kappa shape index (κ3) is 4.63. The predicted octanol–water partition coefficient (Wildman–Crippen LogP) is 1.62. The second-order valence-corrected chi connectivity index (χ2v) is 7.41. The molecule has 8 heteroatoms. The number of nitro benzene ring substituents is 1. The molecule has 2 aliphatic heterocycles. The normalized spacial score (nSPS) is 22.5. The number of rotatable bonds is 5. The highest BCUT2D eigenvalue weighted by atomic mass is 16.6. The lowest BCUT2D eigenvalue weighted by atomic mass is 9.96. The maximum Gasteiger partial charge on any atom is 0.269 e. The summed E-state index contributed by atoms with van der Waals surface area (Å²) < 4.78 is 0. The zero-order chi connectivity index (χ0) is 19.4. The number of nitrogens with zero attached hydrogens (tertiary/aromatic N) is 2. The summed E-state index contributed by atoms with van der Waals surface area (Å²) in [5.41, 5.74) is 1.10. The highest BCUT2D eigenvalue weighted by Crippen LogP contribution is 2.22. The van der Waals surface area contributed by atoms with Gasteiger partial charge in [0.1, 0.15) is 0 Å². The molecule has 2 unspecified atom stereocenters. The Morgan fingerprint density at radius 2 is 2.15 bits per heavy atom. The number of aryl methyl sites for hydroxylation is 1. The van der Waals surface area contributed by atoms with E-state index in [1.165, 1.54) is 18.2 Å². The number of benzene rings is 1. The van der Waals surface area contributed by atoms with E-state index < -0.39 is 4.92 Å². The molecular formula is C19H26N4O4. The highest BCUT2D eigenvalue weighted by molar-refractivity contribution is 5.96. The lowest BCUT2D eigenvalue weighted by Gasteiger charge is -2.33. The molecular weight excluding hydrogens is 348 g/mol. The maximum absolute atomic E-state index is 12.9. The van der Waals surface area contributed by atoms with Crippen LogP contribution in [-0.2, 0) is 4.79 Å². The Kier molecular flexibility index (Phi) is 6.05. The van der Waals surface area contributed by atoms with Gasteiger partial charge in [-0.2, -0.15) is 0 Å². The van der Waals surface area contributed by atoms with Crippen LogP contribution < -0.4 is 10.6 Å². The zero-order valence-electron chi connectivity index (χ0n) is 15.6. The van der Waals surface area contributed by atoms with Gasteiger partial charge < -0.3 is 15.5 Å². The molecule has 3 rings (SSSR count). The lowest BCUT2D eigenvalue weighted by molar-refractivity contribution is -0.384. The molecule has 146 valence electrons. The topological polar surface area (TPSA) is 105 Å². The standard InChI is InChI=1S/C19H26N4O4/c1-13-10-15(23(26)27)6-7-16(13)19(25)22-9-3-4-14(12-22)11-21-18(24)17-5-2-8-20-17/h6-7,10,14,17,20H,2-5,8-9,11-12H2,1H3,(H,21,24). The molecule has 2 N–H and O–H groups in total. The summed E-state index contributed by atoms with van der Waals surface area (Å²) in [5.74, 6) is 0.171. The SMILES string of the molecule is Cc1cc([N+](=O)[O-])ccc1C(=O)N1CCCC(CNC(=O)C2CCCN2)C1. The van der Waals surface area contributed by atoms with Gasteiger partial charge in [0.25, 0.3) is 11.6 Å². The van der Waals surface area contributed by atoms with Crippen molar-refractivity contribution in [2.75, 3.05) is 26.2 Å². The van der Waals surface area contributed by atoms with Gasteiger partial charge in [0.05, 0.1) is 11.0 Å². The van der Waals surface area contributed by atoms with E-state index in [1.807, 2.05) is 0 Å². The Morgan fingerprint density at radius 1 is 1.33 bits per heavy atom. The van der Waals surface area contributed by atoms with Crippen LogP contribution in [0.25, 0.3) is 0 Å². The fraction of sp³-hybridized carbons (Fsp3) is 0.579. The number of carbonyl (C=O) groups excluding carboxylic acids is 2. The summed E-state index contributed by atoms with van der Waals surface area (Å²) in [6.45, 7) is 4.44. The van der Waals surface area contributed by atoms with E-state index in [1.54, 1.807) is 11.8 Å². The molecule has 2 aliphatic rings. The van der Waals surface area contributed by atoms with Crippen molar-refractivity contribution in [1.82, 2.24) is 15.5 Å². The van der Waals surface area contributed by atoms with Crippen molar-refractivity contribution in [3.8, 4) is 0 Å². The molecule has 1 aromatic rings. The third-order valence-corrected chi connectivity index (χ3v) is 5.40. The maximum atomic E-state index is 12.9. The number of hydrogen-bond donors (Lipinski definition) is 2. The Bertz CT molecular complexity index is 730. The number of non-ortho nitro benzene ring substituents is 1. The van der Waals surface area contributed by atoms with Gasteiger partial charge in [-0.05, 0) is 56.7 Å². The number of hydrogen-bond acceptors (Lipinski definition) is 5. The molecule has 8 nitrogen and oxygen atoms in total. The average Bonchev–Trinajstić information content (AvgIpc) is 3.20. The third-order valence-electron chi connectivity index (χ3n) is 5.40. The van der Waals surface area contributed by atoms with Crippen LogP contribution in [0.15, 0.2) is 18.2 Å². The first-order valence-electron chi connectivity index (χ1n) is 9.51. The minimum atomic E-state index is -0.458. The van der Waals surface area contributed by atoms with E-state index in [2.05, 4.69) is 10.6 Å². The average molecular weight is 374 g/mol. The first-order chi connectivity index (χ1) is 13.0. The largest absolute Gasteiger partial charge is 0.354 e. The fourth-order valence-corrected chi connectivity index (χ4v) is 3.86. The molecule has 2 heterocycles. The summed E-state index contributed by atoms with van der Waals surface area (Å²) >= 11 is 0. The molecule has 1 aromatic carbocycles. The highest BCUT2D eigenvalue weighted by Gasteiger charge is 2.27. The first-order valence-corrected chi connectivity index (χ1v) is 9.51. The van der Waals surface area contributed by atoms with Crippen molar-refractivity contribution >= 4 is 17.5 Å². The van der Waals surface area contributed by atoms with Crippen LogP contribution in [0.4, 0.5) is 5.69 Å². The molecule has 2 fully saturated rings. The van der Waals surface area contributed by atoms with Crippen LogP contribution in [0, 0.1) is 23.0 Å². The lowest BCUT2D eigenvalue weighted by Crippen LogP contribution is -2.46. The van der Waals surface area contributed by atoms with Crippen LogP contribution in [-0.4, -0.2) is 53.9 Å². The number of nitrogens with one attached hydrogen (secondary N) is 2. The number of likely N-dealkylation sites (tertiary alicyclic amines) is 1. The Hall–Kier alpha value is -2.48. The Labute approximate surface area is 158 Å². The molecule has 2 saturated heterocycles. The Morgan fingerprint density at radius 3 is 2.81 bits per heavy atom. The first kappa shape index (κ1) is 19.3. The molecule has 0 aliphatic carbocycles. The van der Waals surface area contributed by atoms with Crippen LogP contribution in [0.1, 0.15) is 41.6 Å². The van der Waals surface area contributed by atoms with Crippen LogP contribution in [0.5, 0.6) is 0 Å². The van der Waals surface area contributed by atoms with E-state index >= 15 is 0 Å².